The van der Waals surface area contributed by atoms with Crippen molar-refractivity contribution in [2.75, 3.05) is 19.6 Å². The molecule has 0 spiro atoms. The molecule has 0 aromatic heterocycles. The van der Waals surface area contributed by atoms with E-state index in [0.717, 1.165) is 19.6 Å². The Kier molecular flexibility index (Phi) is 4.81. The van der Waals surface area contributed by atoms with Crippen molar-refractivity contribution in [3.05, 3.63) is 0 Å². The lowest BCUT2D eigenvalue weighted by molar-refractivity contribution is 0.0864. The van der Waals surface area contributed by atoms with Crippen LogP contribution in [0.1, 0.15) is 59.8 Å². The van der Waals surface area contributed by atoms with Gasteiger partial charge in [0.25, 0.3) is 0 Å². The molecule has 96 valence electrons. The Morgan fingerprint density at radius 1 is 1.00 bits per heavy atom. The third-order valence-corrected chi connectivity index (χ3v) is 4.58. The van der Waals surface area contributed by atoms with Gasteiger partial charge >= 0.3 is 0 Å². The summed E-state index contributed by atoms with van der Waals surface area (Å²) in [5.41, 5.74) is 6.91. The first-order chi connectivity index (χ1) is 7.49. The van der Waals surface area contributed by atoms with E-state index >= 15 is 0 Å². The molecule has 2 nitrogen and oxygen atoms in total. The lowest BCUT2D eigenvalue weighted by Crippen LogP contribution is -2.53. The van der Waals surface area contributed by atoms with E-state index in [1.807, 2.05) is 0 Å². The van der Waals surface area contributed by atoms with Crippen LogP contribution in [0.25, 0.3) is 0 Å². The van der Waals surface area contributed by atoms with Crippen LogP contribution in [0.5, 0.6) is 0 Å². The van der Waals surface area contributed by atoms with E-state index in [9.17, 15) is 0 Å². The van der Waals surface area contributed by atoms with Gasteiger partial charge in [0.1, 0.15) is 0 Å². The molecule has 0 saturated heterocycles. The van der Waals surface area contributed by atoms with Crippen LogP contribution >= 0.6 is 0 Å². The van der Waals surface area contributed by atoms with Gasteiger partial charge in [-0.3, -0.25) is 4.90 Å². The SMILES string of the molecule is CCN(CC)C1(CN)CCCC(C)(C)CC1. The third-order valence-electron chi connectivity index (χ3n) is 4.58. The Balaban J connectivity index is 2.79. The number of nitrogens with two attached hydrogens (primary N) is 1. The number of likely N-dealkylation sites (N-methyl/N-ethyl adjacent to an activating group) is 1. The van der Waals surface area contributed by atoms with Crippen LogP contribution in [0.2, 0.25) is 0 Å². The highest BCUT2D eigenvalue weighted by Gasteiger charge is 2.37. The number of hydrogen-bond donors (Lipinski definition) is 1. The molecule has 0 amide bonds. The molecule has 2 N–H and O–H groups in total. The molecular formula is C14H30N2. The molecule has 0 aromatic carbocycles. The maximum atomic E-state index is 6.11. The van der Waals surface area contributed by atoms with Crippen molar-refractivity contribution in [2.24, 2.45) is 11.1 Å². The van der Waals surface area contributed by atoms with Crippen molar-refractivity contribution in [3.8, 4) is 0 Å². The fourth-order valence-electron chi connectivity index (χ4n) is 3.26. The fraction of sp³-hybridized carbons (Fsp3) is 1.00. The zero-order valence-electron chi connectivity index (χ0n) is 11.7. The summed E-state index contributed by atoms with van der Waals surface area (Å²) in [6, 6.07) is 0. The van der Waals surface area contributed by atoms with E-state index in [0.29, 0.717) is 5.41 Å². The topological polar surface area (TPSA) is 29.3 Å². The fourth-order valence-corrected chi connectivity index (χ4v) is 3.26. The summed E-state index contributed by atoms with van der Waals surface area (Å²) in [6.07, 6.45) is 6.57. The minimum Gasteiger partial charge on any atom is -0.329 e. The molecule has 1 fully saturated rings. The highest BCUT2D eigenvalue weighted by Crippen LogP contribution is 2.40. The van der Waals surface area contributed by atoms with Crippen LogP contribution in [0.4, 0.5) is 0 Å². The number of hydrogen-bond acceptors (Lipinski definition) is 2. The first kappa shape index (κ1) is 14.0. The highest BCUT2D eigenvalue weighted by molar-refractivity contribution is 4.95. The summed E-state index contributed by atoms with van der Waals surface area (Å²) in [6.45, 7) is 12.4. The van der Waals surface area contributed by atoms with Gasteiger partial charge in [0, 0.05) is 12.1 Å². The monoisotopic (exact) mass is 226 g/mol. The summed E-state index contributed by atoms with van der Waals surface area (Å²) in [5, 5.41) is 0. The average molecular weight is 226 g/mol. The Labute approximate surface area is 102 Å². The van der Waals surface area contributed by atoms with Crippen LogP contribution in [0, 0.1) is 5.41 Å². The van der Waals surface area contributed by atoms with Crippen molar-refractivity contribution in [1.82, 2.24) is 4.90 Å². The zero-order chi connectivity index (χ0) is 12.2. The molecule has 0 aliphatic heterocycles. The van der Waals surface area contributed by atoms with E-state index in [1.54, 1.807) is 0 Å². The number of rotatable bonds is 4. The largest absolute Gasteiger partial charge is 0.329 e. The molecular weight excluding hydrogens is 196 g/mol. The van der Waals surface area contributed by atoms with Crippen molar-refractivity contribution >= 4 is 0 Å². The minimum absolute atomic E-state index is 0.289. The molecule has 1 aliphatic rings. The minimum atomic E-state index is 0.289. The predicted octanol–water partition coefficient (Wildman–Crippen LogP) is 3.02. The van der Waals surface area contributed by atoms with Crippen LogP contribution in [0.15, 0.2) is 0 Å². The van der Waals surface area contributed by atoms with E-state index in [-0.39, 0.29) is 5.54 Å². The highest BCUT2D eigenvalue weighted by atomic mass is 15.2. The van der Waals surface area contributed by atoms with Crippen molar-refractivity contribution in [1.29, 1.82) is 0 Å². The quantitative estimate of drug-likeness (QED) is 0.747. The standard InChI is InChI=1S/C14H30N2/c1-5-16(6-2)14(12-15)9-7-8-13(3,4)10-11-14/h5-12,15H2,1-4H3. The second kappa shape index (κ2) is 5.50. The molecule has 0 aromatic rings. The van der Waals surface area contributed by atoms with Crippen LogP contribution in [-0.4, -0.2) is 30.1 Å². The molecule has 1 aliphatic carbocycles. The second-order valence-electron chi connectivity index (χ2n) is 6.12. The van der Waals surface area contributed by atoms with E-state index in [2.05, 4.69) is 32.6 Å². The number of nitrogens with zero attached hydrogens (tertiary/aromatic N) is 1. The maximum absolute atomic E-state index is 6.11. The Hall–Kier alpha value is -0.0800. The lowest BCUT2D eigenvalue weighted by Gasteiger charge is -2.42. The van der Waals surface area contributed by atoms with E-state index < -0.39 is 0 Å². The molecule has 0 bridgehead atoms. The van der Waals surface area contributed by atoms with E-state index in [4.69, 9.17) is 5.73 Å². The van der Waals surface area contributed by atoms with Crippen LogP contribution < -0.4 is 5.73 Å². The van der Waals surface area contributed by atoms with Gasteiger partial charge in [0.15, 0.2) is 0 Å². The summed E-state index contributed by atoms with van der Waals surface area (Å²) < 4.78 is 0. The molecule has 0 heterocycles. The first-order valence-corrected chi connectivity index (χ1v) is 6.95. The Morgan fingerprint density at radius 3 is 2.12 bits per heavy atom. The van der Waals surface area contributed by atoms with Gasteiger partial charge in [-0.1, -0.05) is 34.1 Å². The zero-order valence-corrected chi connectivity index (χ0v) is 11.7. The van der Waals surface area contributed by atoms with E-state index in [1.165, 1.54) is 32.1 Å². The molecule has 1 atom stereocenters. The first-order valence-electron chi connectivity index (χ1n) is 6.95. The molecule has 16 heavy (non-hydrogen) atoms. The van der Waals surface area contributed by atoms with Crippen molar-refractivity contribution in [3.63, 3.8) is 0 Å². The van der Waals surface area contributed by atoms with Gasteiger partial charge in [-0.2, -0.15) is 0 Å². The van der Waals surface area contributed by atoms with Crippen LogP contribution in [0.3, 0.4) is 0 Å². The van der Waals surface area contributed by atoms with Gasteiger partial charge < -0.3 is 5.73 Å². The van der Waals surface area contributed by atoms with Gasteiger partial charge in [0.2, 0.25) is 0 Å². The molecule has 2 heteroatoms. The lowest BCUT2D eigenvalue weighted by atomic mass is 9.83. The normalized spacial score (nSPS) is 30.4. The van der Waals surface area contributed by atoms with Gasteiger partial charge in [-0.05, 0) is 44.2 Å². The summed E-state index contributed by atoms with van der Waals surface area (Å²) >= 11 is 0. The summed E-state index contributed by atoms with van der Waals surface area (Å²) in [4.78, 5) is 2.59. The van der Waals surface area contributed by atoms with Crippen molar-refractivity contribution < 1.29 is 0 Å². The van der Waals surface area contributed by atoms with Crippen LogP contribution in [-0.2, 0) is 0 Å². The predicted molar refractivity (Wildman–Crippen MR) is 71.6 cm³/mol. The molecule has 1 saturated carbocycles. The molecule has 1 unspecified atom stereocenters. The molecule has 0 radical (unpaired) electrons. The average Bonchev–Trinajstić information content (AvgIpc) is 2.40. The van der Waals surface area contributed by atoms with Crippen molar-refractivity contribution in [2.45, 2.75) is 65.3 Å². The Bertz CT molecular complexity index is 209. The second-order valence-corrected chi connectivity index (χ2v) is 6.12. The summed E-state index contributed by atoms with van der Waals surface area (Å²) in [7, 11) is 0. The summed E-state index contributed by atoms with van der Waals surface area (Å²) in [5.74, 6) is 0. The van der Waals surface area contributed by atoms with Gasteiger partial charge in [-0.15, -0.1) is 0 Å². The molecule has 1 rings (SSSR count). The van der Waals surface area contributed by atoms with Gasteiger partial charge in [0.05, 0.1) is 0 Å². The van der Waals surface area contributed by atoms with Gasteiger partial charge in [-0.25, -0.2) is 0 Å². The Morgan fingerprint density at radius 2 is 1.62 bits per heavy atom. The maximum Gasteiger partial charge on any atom is 0.0331 e. The smallest absolute Gasteiger partial charge is 0.0331 e. The third kappa shape index (κ3) is 2.98.